The van der Waals surface area contributed by atoms with E-state index in [1.165, 1.54) is 0 Å². The lowest BCUT2D eigenvalue weighted by Crippen LogP contribution is -2.44. The van der Waals surface area contributed by atoms with Crippen molar-refractivity contribution in [3.8, 4) is 0 Å². The largest absolute Gasteiger partial charge is 0.481 e. The first kappa shape index (κ1) is 13.7. The Labute approximate surface area is 101 Å². The molecule has 0 aliphatic carbocycles. The van der Waals surface area contributed by atoms with Crippen LogP contribution in [0, 0.1) is 5.92 Å². The lowest BCUT2D eigenvalue weighted by Gasteiger charge is -2.32. The molecule has 1 aliphatic heterocycles. The van der Waals surface area contributed by atoms with Gasteiger partial charge in [0.05, 0.1) is 6.54 Å². The van der Waals surface area contributed by atoms with E-state index in [4.69, 9.17) is 5.11 Å². The molecule has 0 spiro atoms. The van der Waals surface area contributed by atoms with Gasteiger partial charge in [0.1, 0.15) is 0 Å². The summed E-state index contributed by atoms with van der Waals surface area (Å²) in [5, 5.41) is 11.7. The highest BCUT2D eigenvalue weighted by molar-refractivity contribution is 5.78. The van der Waals surface area contributed by atoms with Gasteiger partial charge in [0.2, 0.25) is 5.91 Å². The van der Waals surface area contributed by atoms with E-state index in [1.807, 2.05) is 0 Å². The second kappa shape index (κ2) is 7.06. The molecule has 2 N–H and O–H groups in total. The van der Waals surface area contributed by atoms with Crippen molar-refractivity contribution in [1.82, 2.24) is 10.2 Å². The normalized spacial score (nSPS) is 20.0. The van der Waals surface area contributed by atoms with Gasteiger partial charge in [-0.25, -0.2) is 0 Å². The number of hydrogen-bond acceptors (Lipinski definition) is 3. The van der Waals surface area contributed by atoms with Gasteiger partial charge in [0.25, 0.3) is 0 Å². The molecule has 5 nitrogen and oxygen atoms in total. The molecule has 5 heteroatoms. The van der Waals surface area contributed by atoms with Crippen LogP contribution in [0.2, 0.25) is 0 Å². The zero-order chi connectivity index (χ0) is 12.7. The second-order valence-electron chi connectivity index (χ2n) is 4.37. The Morgan fingerprint density at radius 1 is 1.53 bits per heavy atom. The molecule has 0 saturated carbocycles. The summed E-state index contributed by atoms with van der Waals surface area (Å²) < 4.78 is 0. The number of likely N-dealkylation sites (tertiary alicyclic amines) is 1. The van der Waals surface area contributed by atoms with Gasteiger partial charge < -0.3 is 15.3 Å². The Hall–Kier alpha value is -1.36. The van der Waals surface area contributed by atoms with Gasteiger partial charge >= 0.3 is 5.97 Å². The average Bonchev–Trinajstić information content (AvgIpc) is 2.28. The molecule has 1 aliphatic rings. The van der Waals surface area contributed by atoms with Crippen LogP contribution in [0.25, 0.3) is 0 Å². The third kappa shape index (κ3) is 4.99. The zero-order valence-corrected chi connectivity index (χ0v) is 10.0. The highest BCUT2D eigenvalue weighted by atomic mass is 16.4. The number of nitrogens with one attached hydrogen (secondary N) is 1. The monoisotopic (exact) mass is 240 g/mol. The van der Waals surface area contributed by atoms with Crippen molar-refractivity contribution in [2.24, 2.45) is 5.92 Å². The van der Waals surface area contributed by atoms with Crippen molar-refractivity contribution in [2.75, 3.05) is 26.2 Å². The van der Waals surface area contributed by atoms with Gasteiger partial charge in [-0.3, -0.25) is 9.59 Å². The molecule has 17 heavy (non-hydrogen) atoms. The first-order chi connectivity index (χ1) is 8.13. The molecule has 1 atom stereocenters. The van der Waals surface area contributed by atoms with E-state index in [1.54, 1.807) is 11.0 Å². The third-order valence-electron chi connectivity index (χ3n) is 2.90. The highest BCUT2D eigenvalue weighted by Crippen LogP contribution is 2.19. The number of rotatable bonds is 6. The Kier molecular flexibility index (Phi) is 5.69. The maximum atomic E-state index is 11.8. The van der Waals surface area contributed by atoms with Gasteiger partial charge in [-0.2, -0.15) is 0 Å². The zero-order valence-electron chi connectivity index (χ0n) is 10.0. The SMILES string of the molecule is C=CCNCC(=O)N1CCCC(CC(=O)O)C1. The number of piperidine rings is 1. The van der Waals surface area contributed by atoms with Gasteiger partial charge in [0.15, 0.2) is 0 Å². The standard InChI is InChI=1S/C12H20N2O3/c1-2-5-13-8-11(15)14-6-3-4-10(9-14)7-12(16)17/h2,10,13H,1,3-9H2,(H,16,17). The molecule has 1 fully saturated rings. The lowest BCUT2D eigenvalue weighted by molar-refractivity contribution is -0.140. The maximum Gasteiger partial charge on any atom is 0.303 e. The Morgan fingerprint density at radius 3 is 2.94 bits per heavy atom. The van der Waals surface area contributed by atoms with E-state index in [0.717, 1.165) is 19.4 Å². The fourth-order valence-corrected chi connectivity index (χ4v) is 2.10. The van der Waals surface area contributed by atoms with Crippen LogP contribution in [-0.2, 0) is 9.59 Å². The minimum atomic E-state index is -0.783. The number of carboxylic acid groups (broad SMARTS) is 1. The topological polar surface area (TPSA) is 69.6 Å². The van der Waals surface area contributed by atoms with E-state index < -0.39 is 5.97 Å². The van der Waals surface area contributed by atoms with Crippen molar-refractivity contribution in [3.05, 3.63) is 12.7 Å². The number of nitrogens with zero attached hydrogens (tertiary/aromatic N) is 1. The van der Waals surface area contributed by atoms with Crippen LogP contribution in [0.4, 0.5) is 0 Å². The molecular weight excluding hydrogens is 220 g/mol. The highest BCUT2D eigenvalue weighted by Gasteiger charge is 2.24. The van der Waals surface area contributed by atoms with Crippen molar-refractivity contribution >= 4 is 11.9 Å². The van der Waals surface area contributed by atoms with E-state index in [0.29, 0.717) is 19.6 Å². The summed E-state index contributed by atoms with van der Waals surface area (Å²) in [5.41, 5.74) is 0. The van der Waals surface area contributed by atoms with E-state index in [2.05, 4.69) is 11.9 Å². The number of amides is 1. The fourth-order valence-electron chi connectivity index (χ4n) is 2.10. The summed E-state index contributed by atoms with van der Waals surface area (Å²) in [5.74, 6) is -0.638. The molecule has 1 heterocycles. The summed E-state index contributed by atoms with van der Waals surface area (Å²) in [6.07, 6.45) is 3.65. The summed E-state index contributed by atoms with van der Waals surface area (Å²) in [7, 11) is 0. The fraction of sp³-hybridized carbons (Fsp3) is 0.667. The van der Waals surface area contributed by atoms with Crippen LogP contribution in [0.15, 0.2) is 12.7 Å². The molecule has 0 aromatic carbocycles. The Morgan fingerprint density at radius 2 is 2.29 bits per heavy atom. The maximum absolute atomic E-state index is 11.8. The van der Waals surface area contributed by atoms with Crippen molar-refractivity contribution in [3.63, 3.8) is 0 Å². The molecule has 0 bridgehead atoms. The molecule has 0 aromatic heterocycles. The molecule has 96 valence electrons. The smallest absolute Gasteiger partial charge is 0.303 e. The predicted octanol–water partition coefficient (Wildman–Crippen LogP) is 0.475. The quantitative estimate of drug-likeness (QED) is 0.523. The third-order valence-corrected chi connectivity index (χ3v) is 2.90. The van der Waals surface area contributed by atoms with Crippen LogP contribution >= 0.6 is 0 Å². The van der Waals surface area contributed by atoms with Gasteiger partial charge in [-0.05, 0) is 18.8 Å². The van der Waals surface area contributed by atoms with Crippen LogP contribution in [0.1, 0.15) is 19.3 Å². The molecule has 1 rings (SSSR count). The number of carbonyl (C=O) groups is 2. The molecule has 1 saturated heterocycles. The summed E-state index contributed by atoms with van der Waals surface area (Å²) in [6.45, 7) is 5.78. The minimum absolute atomic E-state index is 0.0435. The number of carboxylic acids is 1. The van der Waals surface area contributed by atoms with Crippen LogP contribution in [0.5, 0.6) is 0 Å². The molecule has 0 radical (unpaired) electrons. The molecule has 1 amide bonds. The number of aliphatic carboxylic acids is 1. The predicted molar refractivity (Wildman–Crippen MR) is 64.6 cm³/mol. The van der Waals surface area contributed by atoms with Gasteiger partial charge in [0, 0.05) is 26.1 Å². The van der Waals surface area contributed by atoms with Crippen LogP contribution in [-0.4, -0.2) is 48.1 Å². The van der Waals surface area contributed by atoms with Gasteiger partial charge in [-0.15, -0.1) is 6.58 Å². The first-order valence-corrected chi connectivity index (χ1v) is 5.94. The van der Waals surface area contributed by atoms with Crippen molar-refractivity contribution < 1.29 is 14.7 Å². The number of carbonyl (C=O) groups excluding carboxylic acids is 1. The number of hydrogen-bond donors (Lipinski definition) is 2. The molecule has 0 aromatic rings. The van der Waals surface area contributed by atoms with Crippen molar-refractivity contribution in [1.29, 1.82) is 0 Å². The summed E-state index contributed by atoms with van der Waals surface area (Å²) in [4.78, 5) is 24.2. The Balaban J connectivity index is 2.34. The van der Waals surface area contributed by atoms with Crippen LogP contribution in [0.3, 0.4) is 0 Å². The van der Waals surface area contributed by atoms with Crippen LogP contribution < -0.4 is 5.32 Å². The summed E-state index contributed by atoms with van der Waals surface area (Å²) >= 11 is 0. The minimum Gasteiger partial charge on any atom is -0.481 e. The van der Waals surface area contributed by atoms with E-state index in [-0.39, 0.29) is 18.2 Å². The lowest BCUT2D eigenvalue weighted by atomic mass is 9.95. The summed E-state index contributed by atoms with van der Waals surface area (Å²) in [6, 6.07) is 0. The average molecular weight is 240 g/mol. The van der Waals surface area contributed by atoms with Gasteiger partial charge in [-0.1, -0.05) is 6.08 Å². The van der Waals surface area contributed by atoms with Crippen molar-refractivity contribution in [2.45, 2.75) is 19.3 Å². The van der Waals surface area contributed by atoms with E-state index in [9.17, 15) is 9.59 Å². The molecule has 1 unspecified atom stereocenters. The Bertz CT molecular complexity index is 291. The van der Waals surface area contributed by atoms with E-state index >= 15 is 0 Å². The molecular formula is C12H20N2O3. The first-order valence-electron chi connectivity index (χ1n) is 5.94. The second-order valence-corrected chi connectivity index (χ2v) is 4.37.